The van der Waals surface area contributed by atoms with Crippen LogP contribution in [0.5, 0.6) is 0 Å². The normalized spacial score (nSPS) is 14.3. The lowest BCUT2D eigenvalue weighted by Crippen LogP contribution is -1.86. The van der Waals surface area contributed by atoms with Crippen LogP contribution in [-0.4, -0.2) is 20.1 Å². The second-order valence-corrected chi connectivity index (χ2v) is 2.84. The number of hydrogen-bond acceptors (Lipinski definition) is 3. The SMILES string of the molecule is CSCS(=O)[O-]. The van der Waals surface area contributed by atoms with Crippen molar-refractivity contribution in [2.45, 2.75) is 0 Å². The minimum Gasteiger partial charge on any atom is -0.772 e. The van der Waals surface area contributed by atoms with Gasteiger partial charge in [-0.2, -0.15) is 11.8 Å². The molecule has 0 aliphatic carbocycles. The van der Waals surface area contributed by atoms with E-state index in [4.69, 9.17) is 0 Å². The Morgan fingerprint density at radius 2 is 2.50 bits per heavy atom. The maximum absolute atomic E-state index is 9.58. The van der Waals surface area contributed by atoms with E-state index in [0.29, 0.717) is 0 Å². The molecule has 0 aromatic carbocycles. The number of hydrogen-bond donors (Lipinski definition) is 0. The Balaban J connectivity index is 2.83. The van der Waals surface area contributed by atoms with E-state index in [1.807, 2.05) is 0 Å². The fourth-order valence-electron chi connectivity index (χ4n) is 0.0962. The molecule has 2 nitrogen and oxygen atoms in total. The van der Waals surface area contributed by atoms with Crippen LogP contribution in [0.2, 0.25) is 0 Å². The molecule has 4 heteroatoms. The molecule has 0 N–H and O–H groups in total. The molecule has 6 heavy (non-hydrogen) atoms. The zero-order valence-electron chi connectivity index (χ0n) is 3.34. The molecule has 0 aliphatic heterocycles. The highest BCUT2D eigenvalue weighted by Crippen LogP contribution is 1.90. The van der Waals surface area contributed by atoms with Crippen LogP contribution in [0.15, 0.2) is 0 Å². The molecular formula is C2H5O2S2-. The van der Waals surface area contributed by atoms with Gasteiger partial charge in [-0.25, -0.2) is 0 Å². The van der Waals surface area contributed by atoms with Crippen molar-refractivity contribution in [2.24, 2.45) is 0 Å². The summed E-state index contributed by atoms with van der Waals surface area (Å²) in [5.74, 6) is 0. The Morgan fingerprint density at radius 1 is 2.00 bits per heavy atom. The molecule has 0 bridgehead atoms. The molecule has 1 atom stereocenters. The maximum Gasteiger partial charge on any atom is 0.0557 e. The predicted octanol–water partition coefficient (Wildman–Crippen LogP) is 0.186. The first-order valence-electron chi connectivity index (χ1n) is 1.32. The molecule has 0 aliphatic rings. The van der Waals surface area contributed by atoms with Gasteiger partial charge in [0.1, 0.15) is 0 Å². The summed E-state index contributed by atoms with van der Waals surface area (Å²) in [6.07, 6.45) is 1.75. The van der Waals surface area contributed by atoms with Crippen molar-refractivity contribution in [3.05, 3.63) is 0 Å². The molecule has 0 radical (unpaired) electrons. The highest BCUT2D eigenvalue weighted by Gasteiger charge is 1.72. The largest absolute Gasteiger partial charge is 0.772 e. The summed E-state index contributed by atoms with van der Waals surface area (Å²) < 4.78 is 19.2. The fraction of sp³-hybridized carbons (Fsp3) is 1.00. The third kappa shape index (κ3) is 4.46. The van der Waals surface area contributed by atoms with Crippen molar-refractivity contribution >= 4 is 22.8 Å². The number of rotatable bonds is 2. The average Bonchev–Trinajstić information content (AvgIpc) is 1.35. The zero-order chi connectivity index (χ0) is 4.99. The van der Waals surface area contributed by atoms with E-state index in [0.717, 1.165) is 0 Å². The first-order valence-corrected chi connectivity index (χ1v) is 3.96. The highest BCUT2D eigenvalue weighted by atomic mass is 32.2. The van der Waals surface area contributed by atoms with Crippen LogP contribution in [0.25, 0.3) is 0 Å². The van der Waals surface area contributed by atoms with Gasteiger partial charge in [-0.1, -0.05) is 0 Å². The smallest absolute Gasteiger partial charge is 0.0557 e. The molecule has 0 heterocycles. The van der Waals surface area contributed by atoms with E-state index < -0.39 is 11.1 Å². The zero-order valence-corrected chi connectivity index (χ0v) is 4.97. The van der Waals surface area contributed by atoms with Crippen LogP contribution in [0.3, 0.4) is 0 Å². The van der Waals surface area contributed by atoms with Gasteiger partial charge in [-0.15, -0.1) is 0 Å². The van der Waals surface area contributed by atoms with Crippen molar-refractivity contribution in [1.82, 2.24) is 0 Å². The molecule has 0 saturated carbocycles. The molecule has 0 aromatic rings. The summed E-state index contributed by atoms with van der Waals surface area (Å²) in [4.78, 5) is 0. The molecule has 1 unspecified atom stereocenters. The minimum atomic E-state index is -1.85. The van der Waals surface area contributed by atoms with Gasteiger partial charge >= 0.3 is 0 Å². The van der Waals surface area contributed by atoms with Gasteiger partial charge in [0.2, 0.25) is 0 Å². The molecular weight excluding hydrogens is 120 g/mol. The Bertz CT molecular complexity index is 53.5. The molecule has 0 rings (SSSR count). The van der Waals surface area contributed by atoms with E-state index in [1.165, 1.54) is 11.8 Å². The third-order valence-electron chi connectivity index (χ3n) is 0.214. The highest BCUT2D eigenvalue weighted by molar-refractivity contribution is 8.08. The van der Waals surface area contributed by atoms with E-state index in [9.17, 15) is 8.76 Å². The van der Waals surface area contributed by atoms with Crippen molar-refractivity contribution in [1.29, 1.82) is 0 Å². The van der Waals surface area contributed by atoms with E-state index in [2.05, 4.69) is 0 Å². The molecule has 0 spiro atoms. The average molecular weight is 125 g/mol. The number of thioether (sulfide) groups is 1. The van der Waals surface area contributed by atoms with Gasteiger partial charge in [0.05, 0.1) is 5.08 Å². The van der Waals surface area contributed by atoms with Gasteiger partial charge in [0, 0.05) is 0 Å². The lowest BCUT2D eigenvalue weighted by molar-refractivity contribution is 0.542. The molecule has 0 amide bonds. The second kappa shape index (κ2) is 3.64. The van der Waals surface area contributed by atoms with Crippen LogP contribution >= 0.6 is 11.8 Å². The summed E-state index contributed by atoms with van der Waals surface area (Å²) in [5.41, 5.74) is 0. The second-order valence-electron chi connectivity index (χ2n) is 0.710. The van der Waals surface area contributed by atoms with Crippen LogP contribution in [0, 0.1) is 0 Å². The summed E-state index contributed by atoms with van der Waals surface area (Å²) >= 11 is -0.556. The van der Waals surface area contributed by atoms with Gasteiger partial charge in [0.15, 0.2) is 0 Å². The van der Waals surface area contributed by atoms with Crippen molar-refractivity contribution in [3.63, 3.8) is 0 Å². The Morgan fingerprint density at radius 3 is 2.50 bits per heavy atom. The molecule has 0 fully saturated rings. The van der Waals surface area contributed by atoms with Gasteiger partial charge in [0.25, 0.3) is 0 Å². The first kappa shape index (κ1) is 6.46. The minimum absolute atomic E-state index is 0.208. The van der Waals surface area contributed by atoms with Crippen molar-refractivity contribution in [3.8, 4) is 0 Å². The van der Waals surface area contributed by atoms with Crippen molar-refractivity contribution in [2.75, 3.05) is 11.3 Å². The molecule has 0 saturated heterocycles. The van der Waals surface area contributed by atoms with Crippen LogP contribution in [0.4, 0.5) is 0 Å². The standard InChI is InChI=1S/C2H6O2S2/c1-5-2-6(3)4/h2H2,1H3,(H,3,4)/p-1. The predicted molar refractivity (Wildman–Crippen MR) is 27.3 cm³/mol. The Labute approximate surface area is 43.6 Å². The van der Waals surface area contributed by atoms with Gasteiger partial charge < -0.3 is 4.55 Å². The summed E-state index contributed by atoms with van der Waals surface area (Å²) in [6, 6.07) is 0. The monoisotopic (exact) mass is 125 g/mol. The van der Waals surface area contributed by atoms with E-state index >= 15 is 0 Å². The molecule has 0 aromatic heterocycles. The van der Waals surface area contributed by atoms with E-state index in [1.54, 1.807) is 6.26 Å². The van der Waals surface area contributed by atoms with Crippen molar-refractivity contribution < 1.29 is 8.76 Å². The lowest BCUT2D eigenvalue weighted by atomic mass is 11.9. The fourth-order valence-corrected chi connectivity index (χ4v) is 0.866. The Kier molecular flexibility index (Phi) is 3.92. The quantitative estimate of drug-likeness (QED) is 0.494. The topological polar surface area (TPSA) is 40.1 Å². The van der Waals surface area contributed by atoms with Crippen LogP contribution in [0.1, 0.15) is 0 Å². The van der Waals surface area contributed by atoms with E-state index in [-0.39, 0.29) is 5.08 Å². The summed E-state index contributed by atoms with van der Waals surface area (Å²) in [5, 5.41) is 0.208. The van der Waals surface area contributed by atoms with Gasteiger partial charge in [-0.05, 0) is 17.3 Å². The first-order chi connectivity index (χ1) is 2.77. The summed E-state index contributed by atoms with van der Waals surface area (Å²) in [7, 11) is 0. The Hall–Kier alpha value is 0.460. The molecule has 38 valence electrons. The van der Waals surface area contributed by atoms with Crippen LogP contribution in [-0.2, 0) is 11.1 Å². The van der Waals surface area contributed by atoms with Crippen LogP contribution < -0.4 is 0 Å². The van der Waals surface area contributed by atoms with Gasteiger partial charge in [-0.3, -0.25) is 4.21 Å². The lowest BCUT2D eigenvalue weighted by Gasteiger charge is -1.97. The maximum atomic E-state index is 9.58. The summed E-state index contributed by atoms with van der Waals surface area (Å²) in [6.45, 7) is 0. The third-order valence-corrected chi connectivity index (χ3v) is 1.93.